The van der Waals surface area contributed by atoms with Gasteiger partial charge in [0.25, 0.3) is 0 Å². The van der Waals surface area contributed by atoms with E-state index in [1.807, 2.05) is 0 Å². The van der Waals surface area contributed by atoms with Crippen molar-refractivity contribution in [2.45, 2.75) is 13.5 Å². The van der Waals surface area contributed by atoms with Crippen LogP contribution in [0.15, 0.2) is 36.4 Å². The van der Waals surface area contributed by atoms with Crippen LogP contribution in [0.25, 0.3) is 0 Å². The molecule has 2 rings (SSSR count). The summed E-state index contributed by atoms with van der Waals surface area (Å²) in [4.78, 5) is 11.2. The molecule has 0 heterocycles. The summed E-state index contributed by atoms with van der Waals surface area (Å²) < 4.78 is 24.5. The maximum atomic E-state index is 13.8. The standard InChI is InChI=1S/C16H14ClFO3/c1-10(19)11-3-5-16(14(18)8-11)21-9-12-7-13(17)4-6-15(12)20-2/h3-8H,9H2,1-2H3. The van der Waals surface area contributed by atoms with Crippen molar-refractivity contribution in [1.29, 1.82) is 0 Å². The average Bonchev–Trinajstić information content (AvgIpc) is 2.46. The number of hydrogen-bond acceptors (Lipinski definition) is 3. The zero-order chi connectivity index (χ0) is 15.4. The molecule has 0 fully saturated rings. The summed E-state index contributed by atoms with van der Waals surface area (Å²) in [7, 11) is 1.54. The molecule has 0 aromatic heterocycles. The summed E-state index contributed by atoms with van der Waals surface area (Å²) in [6.45, 7) is 1.49. The highest BCUT2D eigenvalue weighted by Gasteiger charge is 2.10. The lowest BCUT2D eigenvalue weighted by Crippen LogP contribution is -2.01. The number of ether oxygens (including phenoxy) is 2. The monoisotopic (exact) mass is 308 g/mol. The molecular formula is C16H14ClFO3. The van der Waals surface area contributed by atoms with Crippen molar-refractivity contribution in [2.24, 2.45) is 0 Å². The van der Waals surface area contributed by atoms with Crippen molar-refractivity contribution in [3.8, 4) is 11.5 Å². The van der Waals surface area contributed by atoms with E-state index < -0.39 is 5.82 Å². The van der Waals surface area contributed by atoms with Gasteiger partial charge in [0.1, 0.15) is 12.4 Å². The van der Waals surface area contributed by atoms with Crippen LogP contribution in [0.5, 0.6) is 11.5 Å². The molecule has 0 radical (unpaired) electrons. The Hall–Kier alpha value is -2.07. The number of hydrogen-bond donors (Lipinski definition) is 0. The van der Waals surface area contributed by atoms with E-state index in [9.17, 15) is 9.18 Å². The zero-order valence-electron chi connectivity index (χ0n) is 11.7. The fourth-order valence-electron chi connectivity index (χ4n) is 1.85. The van der Waals surface area contributed by atoms with Crippen molar-refractivity contribution < 1.29 is 18.7 Å². The number of ketones is 1. The maximum Gasteiger partial charge on any atom is 0.165 e. The van der Waals surface area contributed by atoms with Crippen LogP contribution in [-0.4, -0.2) is 12.9 Å². The molecule has 5 heteroatoms. The van der Waals surface area contributed by atoms with E-state index in [4.69, 9.17) is 21.1 Å². The lowest BCUT2D eigenvalue weighted by molar-refractivity contribution is 0.101. The molecule has 110 valence electrons. The van der Waals surface area contributed by atoms with Gasteiger partial charge in [0.2, 0.25) is 0 Å². The quantitative estimate of drug-likeness (QED) is 0.774. The lowest BCUT2D eigenvalue weighted by Gasteiger charge is -2.11. The highest BCUT2D eigenvalue weighted by atomic mass is 35.5. The van der Waals surface area contributed by atoms with Gasteiger partial charge in [-0.1, -0.05) is 11.6 Å². The minimum Gasteiger partial charge on any atom is -0.496 e. The third-order valence-electron chi connectivity index (χ3n) is 2.96. The Balaban J connectivity index is 2.17. The lowest BCUT2D eigenvalue weighted by atomic mass is 10.1. The van der Waals surface area contributed by atoms with Gasteiger partial charge >= 0.3 is 0 Å². The van der Waals surface area contributed by atoms with Gasteiger partial charge in [0, 0.05) is 16.1 Å². The Morgan fingerprint density at radius 2 is 1.90 bits per heavy atom. The van der Waals surface area contributed by atoms with Gasteiger partial charge in [0.05, 0.1) is 7.11 Å². The van der Waals surface area contributed by atoms with E-state index in [0.717, 1.165) is 6.07 Å². The predicted molar refractivity (Wildman–Crippen MR) is 78.7 cm³/mol. The molecule has 0 saturated carbocycles. The molecule has 2 aromatic rings. The van der Waals surface area contributed by atoms with Crippen LogP contribution >= 0.6 is 11.6 Å². The molecule has 0 aliphatic carbocycles. The molecule has 2 aromatic carbocycles. The summed E-state index contributed by atoms with van der Waals surface area (Å²) in [5.41, 5.74) is 1.01. The summed E-state index contributed by atoms with van der Waals surface area (Å²) in [6.07, 6.45) is 0. The van der Waals surface area contributed by atoms with Gasteiger partial charge in [0.15, 0.2) is 17.3 Å². The van der Waals surface area contributed by atoms with Gasteiger partial charge < -0.3 is 9.47 Å². The molecule has 0 aliphatic heterocycles. The summed E-state index contributed by atoms with van der Waals surface area (Å²) >= 11 is 5.92. The Kier molecular flexibility index (Phi) is 4.81. The highest BCUT2D eigenvalue weighted by molar-refractivity contribution is 6.30. The van der Waals surface area contributed by atoms with Crippen LogP contribution in [0.4, 0.5) is 4.39 Å². The Morgan fingerprint density at radius 3 is 2.52 bits per heavy atom. The van der Waals surface area contributed by atoms with E-state index in [-0.39, 0.29) is 18.1 Å². The minimum absolute atomic E-state index is 0.0713. The summed E-state index contributed by atoms with van der Waals surface area (Å²) in [5, 5.41) is 0.543. The van der Waals surface area contributed by atoms with E-state index in [1.54, 1.807) is 18.2 Å². The Labute approximate surface area is 127 Å². The van der Waals surface area contributed by atoms with Crippen LogP contribution in [0.2, 0.25) is 5.02 Å². The van der Waals surface area contributed by atoms with E-state index in [1.165, 1.54) is 26.2 Å². The van der Waals surface area contributed by atoms with Crippen LogP contribution in [0.3, 0.4) is 0 Å². The van der Waals surface area contributed by atoms with Crippen LogP contribution in [-0.2, 0) is 6.61 Å². The van der Waals surface area contributed by atoms with Gasteiger partial charge in [-0.05, 0) is 43.3 Å². The number of carbonyl (C=O) groups excluding carboxylic acids is 1. The number of Topliss-reactive ketones (excluding diaryl/α,β-unsaturated/α-hetero) is 1. The molecular weight excluding hydrogens is 295 g/mol. The fraction of sp³-hybridized carbons (Fsp3) is 0.188. The predicted octanol–water partition coefficient (Wildman–Crippen LogP) is 4.27. The fourth-order valence-corrected chi connectivity index (χ4v) is 2.05. The Morgan fingerprint density at radius 1 is 1.19 bits per heavy atom. The Bertz CT molecular complexity index is 671. The number of benzene rings is 2. The second kappa shape index (κ2) is 6.59. The first-order chi connectivity index (χ1) is 10.0. The number of carbonyl (C=O) groups is 1. The van der Waals surface area contributed by atoms with Gasteiger partial charge in [-0.25, -0.2) is 4.39 Å². The molecule has 0 amide bonds. The van der Waals surface area contributed by atoms with Gasteiger partial charge in [-0.2, -0.15) is 0 Å². The molecule has 0 saturated heterocycles. The van der Waals surface area contributed by atoms with Crippen LogP contribution < -0.4 is 9.47 Å². The third kappa shape index (κ3) is 3.73. The third-order valence-corrected chi connectivity index (χ3v) is 3.20. The first kappa shape index (κ1) is 15.3. The molecule has 21 heavy (non-hydrogen) atoms. The zero-order valence-corrected chi connectivity index (χ0v) is 12.4. The van der Waals surface area contributed by atoms with E-state index >= 15 is 0 Å². The second-order valence-corrected chi connectivity index (χ2v) is 4.88. The number of halogens is 2. The molecule has 0 bridgehead atoms. The van der Waals surface area contributed by atoms with Crippen LogP contribution in [0, 0.1) is 5.82 Å². The normalized spacial score (nSPS) is 10.3. The van der Waals surface area contributed by atoms with Crippen molar-refractivity contribution in [3.05, 3.63) is 58.4 Å². The van der Waals surface area contributed by atoms with Crippen LogP contribution in [0.1, 0.15) is 22.8 Å². The largest absolute Gasteiger partial charge is 0.496 e. The molecule has 0 N–H and O–H groups in total. The molecule has 0 spiro atoms. The topological polar surface area (TPSA) is 35.5 Å². The summed E-state index contributed by atoms with van der Waals surface area (Å²) in [5.74, 6) is -0.0946. The van der Waals surface area contributed by atoms with Crippen molar-refractivity contribution in [1.82, 2.24) is 0 Å². The first-order valence-corrected chi connectivity index (χ1v) is 6.64. The van der Waals surface area contributed by atoms with Gasteiger partial charge in [-0.3, -0.25) is 4.79 Å². The molecule has 0 unspecified atom stereocenters. The maximum absolute atomic E-state index is 13.8. The molecule has 0 aliphatic rings. The second-order valence-electron chi connectivity index (χ2n) is 4.45. The molecule has 0 atom stereocenters. The smallest absolute Gasteiger partial charge is 0.165 e. The van der Waals surface area contributed by atoms with Gasteiger partial charge in [-0.15, -0.1) is 0 Å². The van der Waals surface area contributed by atoms with Crippen molar-refractivity contribution in [2.75, 3.05) is 7.11 Å². The van der Waals surface area contributed by atoms with Crippen molar-refractivity contribution >= 4 is 17.4 Å². The summed E-state index contributed by atoms with van der Waals surface area (Å²) in [6, 6.07) is 9.23. The van der Waals surface area contributed by atoms with Crippen molar-refractivity contribution in [3.63, 3.8) is 0 Å². The number of methoxy groups -OCH3 is 1. The molecule has 3 nitrogen and oxygen atoms in total. The average molecular weight is 309 g/mol. The number of rotatable bonds is 5. The first-order valence-electron chi connectivity index (χ1n) is 6.27. The van der Waals surface area contributed by atoms with E-state index in [0.29, 0.717) is 21.9 Å². The minimum atomic E-state index is -0.580. The highest BCUT2D eigenvalue weighted by Crippen LogP contribution is 2.25. The van der Waals surface area contributed by atoms with E-state index in [2.05, 4.69) is 0 Å². The SMILES string of the molecule is COc1ccc(Cl)cc1COc1ccc(C(C)=O)cc1F.